The van der Waals surface area contributed by atoms with E-state index < -0.39 is 5.97 Å². The summed E-state index contributed by atoms with van der Waals surface area (Å²) in [6.45, 7) is 11.3. The molecule has 1 N–H and O–H groups in total. The fourth-order valence-electron chi connectivity index (χ4n) is 3.52. The average molecular weight is 439 g/mol. The summed E-state index contributed by atoms with van der Waals surface area (Å²) in [5.74, 6) is -0.935. The SMILES string of the molecule is C=C(C)C(=O)O.C=COCCCCCCCCCCCCCCCCCCCCCC. The van der Waals surface area contributed by atoms with Gasteiger partial charge in [-0.25, -0.2) is 4.79 Å². The first-order valence-corrected chi connectivity index (χ1v) is 13.2. The van der Waals surface area contributed by atoms with E-state index in [4.69, 9.17) is 9.84 Å². The molecule has 184 valence electrons. The number of unbranched alkanes of at least 4 members (excludes halogenated alkanes) is 19. The molecule has 0 aromatic carbocycles. The highest BCUT2D eigenvalue weighted by Gasteiger charge is 1.95. The highest BCUT2D eigenvalue weighted by molar-refractivity contribution is 5.84. The van der Waals surface area contributed by atoms with E-state index in [1.807, 2.05) is 0 Å². The zero-order valence-corrected chi connectivity index (χ0v) is 21.1. The third-order valence-electron chi connectivity index (χ3n) is 5.60. The molecule has 0 rings (SSSR count). The second-order valence-electron chi connectivity index (χ2n) is 8.84. The first-order chi connectivity index (χ1) is 15.1. The Morgan fingerprint density at radius 2 is 0.935 bits per heavy atom. The minimum Gasteiger partial charge on any atom is -0.502 e. The van der Waals surface area contributed by atoms with Gasteiger partial charge in [0.05, 0.1) is 12.9 Å². The van der Waals surface area contributed by atoms with Gasteiger partial charge in [0, 0.05) is 5.57 Å². The van der Waals surface area contributed by atoms with Gasteiger partial charge in [0.2, 0.25) is 0 Å². The van der Waals surface area contributed by atoms with E-state index in [0.717, 1.165) is 6.61 Å². The van der Waals surface area contributed by atoms with E-state index in [2.05, 4.69) is 20.1 Å². The summed E-state index contributed by atoms with van der Waals surface area (Å²) in [7, 11) is 0. The number of hydrogen-bond acceptors (Lipinski definition) is 2. The maximum absolute atomic E-state index is 9.60. The van der Waals surface area contributed by atoms with Crippen molar-refractivity contribution >= 4 is 5.97 Å². The number of carboxylic acids is 1. The Hall–Kier alpha value is -1.25. The summed E-state index contributed by atoms with van der Waals surface area (Å²) in [5, 5.41) is 7.89. The van der Waals surface area contributed by atoms with Crippen molar-refractivity contribution in [1.29, 1.82) is 0 Å². The van der Waals surface area contributed by atoms with Gasteiger partial charge in [-0.1, -0.05) is 142 Å². The molecule has 0 bridgehead atoms. The standard InChI is InChI=1S/C24H48O.C4H6O2/c1-3-5-6-7-8-9-10-11-12-13-14-15-16-17-18-19-20-21-22-23-24-25-4-2;1-3(2)4(5)6/h4H,2-3,5-24H2,1H3;1H2,2H3,(H,5,6). The first kappa shape index (κ1) is 31.9. The predicted molar refractivity (Wildman–Crippen MR) is 137 cm³/mol. The Morgan fingerprint density at radius 3 is 1.16 bits per heavy atom. The van der Waals surface area contributed by atoms with E-state index in [-0.39, 0.29) is 5.57 Å². The molecule has 0 saturated carbocycles. The number of rotatable bonds is 23. The molecule has 0 radical (unpaired) electrons. The normalized spacial score (nSPS) is 10.3. The second kappa shape index (κ2) is 28.8. The van der Waals surface area contributed by atoms with Crippen LogP contribution in [0.3, 0.4) is 0 Å². The van der Waals surface area contributed by atoms with Gasteiger partial charge < -0.3 is 9.84 Å². The van der Waals surface area contributed by atoms with Gasteiger partial charge in [-0.05, 0) is 13.3 Å². The van der Waals surface area contributed by atoms with Gasteiger partial charge in [0.15, 0.2) is 0 Å². The lowest BCUT2D eigenvalue weighted by molar-refractivity contribution is -0.132. The third kappa shape index (κ3) is 33.6. The van der Waals surface area contributed by atoms with Crippen LogP contribution in [0, 0.1) is 0 Å². The molecule has 0 spiro atoms. The summed E-state index contributed by atoms with van der Waals surface area (Å²) in [6, 6.07) is 0. The molecule has 0 aromatic heterocycles. The fraction of sp³-hybridized carbons (Fsp3) is 0.821. The summed E-state index contributed by atoms with van der Waals surface area (Å²) in [4.78, 5) is 9.60. The van der Waals surface area contributed by atoms with Gasteiger partial charge >= 0.3 is 5.97 Å². The first-order valence-electron chi connectivity index (χ1n) is 13.2. The van der Waals surface area contributed by atoms with Gasteiger partial charge in [-0.15, -0.1) is 0 Å². The Bertz CT molecular complexity index is 378. The fourth-order valence-corrected chi connectivity index (χ4v) is 3.52. The summed E-state index contributed by atoms with van der Waals surface area (Å²) >= 11 is 0. The van der Waals surface area contributed by atoms with Gasteiger partial charge in [0.25, 0.3) is 0 Å². The topological polar surface area (TPSA) is 46.5 Å². The van der Waals surface area contributed by atoms with Crippen LogP contribution in [0.25, 0.3) is 0 Å². The van der Waals surface area contributed by atoms with Crippen molar-refractivity contribution in [3.05, 3.63) is 25.0 Å². The number of ether oxygens (including phenoxy) is 1. The Kier molecular flexibility index (Phi) is 29.6. The quantitative estimate of drug-likeness (QED) is 0.0980. The van der Waals surface area contributed by atoms with Crippen molar-refractivity contribution in [2.45, 2.75) is 142 Å². The van der Waals surface area contributed by atoms with E-state index in [1.54, 1.807) is 6.26 Å². The van der Waals surface area contributed by atoms with Crippen molar-refractivity contribution in [3.8, 4) is 0 Å². The smallest absolute Gasteiger partial charge is 0.330 e. The highest BCUT2D eigenvalue weighted by atomic mass is 16.5. The molecule has 3 nitrogen and oxygen atoms in total. The molecule has 0 aliphatic carbocycles. The molecule has 0 aliphatic rings. The molecule has 0 aliphatic heterocycles. The van der Waals surface area contributed by atoms with Crippen LogP contribution in [0.2, 0.25) is 0 Å². The molecular formula is C28H54O3. The second-order valence-corrected chi connectivity index (χ2v) is 8.84. The monoisotopic (exact) mass is 438 g/mol. The van der Waals surface area contributed by atoms with Crippen LogP contribution in [0.15, 0.2) is 25.0 Å². The molecule has 0 amide bonds. The minimum absolute atomic E-state index is 0.176. The highest BCUT2D eigenvalue weighted by Crippen LogP contribution is 2.14. The van der Waals surface area contributed by atoms with Crippen LogP contribution >= 0.6 is 0 Å². The van der Waals surface area contributed by atoms with Gasteiger partial charge in [-0.3, -0.25) is 0 Å². The molecule has 0 saturated heterocycles. The molecule has 0 fully saturated rings. The minimum atomic E-state index is -0.935. The van der Waals surface area contributed by atoms with Crippen molar-refractivity contribution in [1.82, 2.24) is 0 Å². The molecule has 0 aromatic rings. The lowest BCUT2D eigenvalue weighted by Gasteiger charge is -2.04. The average Bonchev–Trinajstić information content (AvgIpc) is 2.75. The lowest BCUT2D eigenvalue weighted by atomic mass is 10.0. The number of aliphatic carboxylic acids is 1. The van der Waals surface area contributed by atoms with Gasteiger partial charge in [0.1, 0.15) is 0 Å². The van der Waals surface area contributed by atoms with Crippen molar-refractivity contribution in [3.63, 3.8) is 0 Å². The molecular weight excluding hydrogens is 384 g/mol. The van der Waals surface area contributed by atoms with E-state index in [9.17, 15) is 4.79 Å². The maximum atomic E-state index is 9.60. The molecule has 0 heterocycles. The van der Waals surface area contributed by atoms with Crippen LogP contribution < -0.4 is 0 Å². The largest absolute Gasteiger partial charge is 0.502 e. The summed E-state index contributed by atoms with van der Waals surface area (Å²) in [5.41, 5.74) is 0.176. The summed E-state index contributed by atoms with van der Waals surface area (Å²) < 4.78 is 5.13. The molecule has 0 atom stereocenters. The zero-order chi connectivity index (χ0) is 23.4. The molecule has 31 heavy (non-hydrogen) atoms. The van der Waals surface area contributed by atoms with Crippen molar-refractivity contribution in [2.75, 3.05) is 6.61 Å². The predicted octanol–water partition coefficient (Wildman–Crippen LogP) is 9.62. The van der Waals surface area contributed by atoms with Crippen LogP contribution in [0.4, 0.5) is 0 Å². The van der Waals surface area contributed by atoms with Crippen LogP contribution in [-0.4, -0.2) is 17.7 Å². The number of carboxylic acid groups (broad SMARTS) is 1. The van der Waals surface area contributed by atoms with Crippen molar-refractivity contribution < 1.29 is 14.6 Å². The lowest BCUT2D eigenvalue weighted by Crippen LogP contribution is -1.92. The van der Waals surface area contributed by atoms with E-state index in [1.165, 1.54) is 135 Å². The Morgan fingerprint density at radius 1 is 0.677 bits per heavy atom. The van der Waals surface area contributed by atoms with Crippen LogP contribution in [0.5, 0.6) is 0 Å². The van der Waals surface area contributed by atoms with E-state index in [0.29, 0.717) is 0 Å². The molecule has 0 unspecified atom stereocenters. The Labute approximate surface area is 194 Å². The van der Waals surface area contributed by atoms with Crippen LogP contribution in [0.1, 0.15) is 142 Å². The summed E-state index contributed by atoms with van der Waals surface area (Å²) in [6.07, 6.45) is 30.2. The van der Waals surface area contributed by atoms with Crippen LogP contribution in [-0.2, 0) is 9.53 Å². The molecule has 3 heteroatoms. The third-order valence-corrected chi connectivity index (χ3v) is 5.60. The Balaban J connectivity index is 0. The zero-order valence-electron chi connectivity index (χ0n) is 21.1. The van der Waals surface area contributed by atoms with E-state index >= 15 is 0 Å². The van der Waals surface area contributed by atoms with Gasteiger partial charge in [-0.2, -0.15) is 0 Å². The maximum Gasteiger partial charge on any atom is 0.330 e. The number of hydrogen-bond donors (Lipinski definition) is 1. The van der Waals surface area contributed by atoms with Crippen molar-refractivity contribution in [2.24, 2.45) is 0 Å². The number of carbonyl (C=O) groups is 1.